The highest BCUT2D eigenvalue weighted by Crippen LogP contribution is 2.40. The Balaban J connectivity index is 1.44. The molecule has 0 bridgehead atoms. The number of nitrogen functional groups attached to an aromatic ring is 1. The molecule has 0 radical (unpaired) electrons. The first kappa shape index (κ1) is 19.2. The lowest BCUT2D eigenvalue weighted by molar-refractivity contribution is 0.203. The van der Waals surface area contributed by atoms with Crippen LogP contribution < -0.4 is 11.1 Å². The highest BCUT2D eigenvalue weighted by molar-refractivity contribution is 7.10. The maximum Gasteiger partial charge on any atom is 0.232 e. The van der Waals surface area contributed by atoms with Gasteiger partial charge in [-0.2, -0.15) is 15.0 Å². The first-order chi connectivity index (χ1) is 14.7. The molecule has 0 amide bonds. The monoisotopic (exact) mass is 434 g/mol. The number of anilines is 3. The molecule has 0 saturated heterocycles. The molecular formula is C22H22N6S2. The van der Waals surface area contributed by atoms with E-state index in [-0.39, 0.29) is 12.0 Å². The summed E-state index contributed by atoms with van der Waals surface area (Å²) in [6, 6.07) is 14.9. The van der Waals surface area contributed by atoms with Crippen molar-refractivity contribution in [1.82, 2.24) is 19.9 Å². The molecule has 0 spiro atoms. The summed E-state index contributed by atoms with van der Waals surface area (Å²) in [7, 11) is 0. The van der Waals surface area contributed by atoms with E-state index in [0.29, 0.717) is 18.3 Å². The van der Waals surface area contributed by atoms with Gasteiger partial charge in [-0.1, -0.05) is 24.3 Å². The van der Waals surface area contributed by atoms with E-state index in [9.17, 15) is 0 Å². The summed E-state index contributed by atoms with van der Waals surface area (Å²) < 4.78 is 0. The number of fused-ring (bicyclic) bond motifs is 1. The van der Waals surface area contributed by atoms with Crippen molar-refractivity contribution in [1.29, 1.82) is 0 Å². The summed E-state index contributed by atoms with van der Waals surface area (Å²) in [6.07, 6.45) is 1.05. The molecule has 8 heteroatoms. The molecule has 5 rings (SSSR count). The Bertz CT molecular complexity index is 1150. The Morgan fingerprint density at radius 1 is 1.07 bits per heavy atom. The second-order valence-electron chi connectivity index (χ2n) is 7.31. The molecule has 0 unspecified atom stereocenters. The van der Waals surface area contributed by atoms with E-state index in [1.165, 1.54) is 15.3 Å². The number of thiophene rings is 2. The van der Waals surface area contributed by atoms with Crippen LogP contribution in [0.4, 0.5) is 17.6 Å². The highest BCUT2D eigenvalue weighted by atomic mass is 32.1. The molecule has 3 aromatic heterocycles. The third kappa shape index (κ3) is 3.81. The van der Waals surface area contributed by atoms with Gasteiger partial charge in [0.05, 0.1) is 12.6 Å². The van der Waals surface area contributed by atoms with Gasteiger partial charge in [-0.3, -0.25) is 4.90 Å². The zero-order chi connectivity index (χ0) is 20.5. The maximum absolute atomic E-state index is 6.03. The van der Waals surface area contributed by atoms with Gasteiger partial charge in [0, 0.05) is 22.0 Å². The van der Waals surface area contributed by atoms with Crippen LogP contribution in [0, 0.1) is 6.92 Å². The minimum atomic E-state index is 0.228. The van der Waals surface area contributed by atoms with Crippen molar-refractivity contribution in [3.8, 4) is 0 Å². The number of nitrogens with two attached hydrogens (primary N) is 1. The first-order valence-corrected chi connectivity index (χ1v) is 11.6. The van der Waals surface area contributed by atoms with Crippen LogP contribution >= 0.6 is 22.7 Å². The second-order valence-corrected chi connectivity index (χ2v) is 9.29. The molecule has 1 aromatic carbocycles. The molecule has 0 aliphatic carbocycles. The zero-order valence-electron chi connectivity index (χ0n) is 16.6. The van der Waals surface area contributed by atoms with E-state index in [1.54, 1.807) is 11.3 Å². The van der Waals surface area contributed by atoms with Crippen molar-refractivity contribution in [3.05, 3.63) is 79.9 Å². The molecule has 6 nitrogen and oxygen atoms in total. The minimum Gasteiger partial charge on any atom is -0.368 e. The van der Waals surface area contributed by atoms with E-state index in [1.807, 2.05) is 42.5 Å². The smallest absolute Gasteiger partial charge is 0.232 e. The molecule has 1 atom stereocenters. The largest absolute Gasteiger partial charge is 0.368 e. The van der Waals surface area contributed by atoms with Gasteiger partial charge in [-0.05, 0) is 53.4 Å². The topological polar surface area (TPSA) is 80.0 Å². The second kappa shape index (κ2) is 8.14. The number of aryl methyl sites for hydroxylation is 1. The molecule has 0 saturated carbocycles. The fraction of sp³-hybridized carbons (Fsp3) is 0.227. The minimum absolute atomic E-state index is 0.228. The number of benzene rings is 1. The number of nitrogens with zero attached hydrogens (tertiary/aromatic N) is 4. The molecule has 30 heavy (non-hydrogen) atoms. The summed E-state index contributed by atoms with van der Waals surface area (Å²) in [4.78, 5) is 18.6. The van der Waals surface area contributed by atoms with Crippen LogP contribution in [-0.4, -0.2) is 26.4 Å². The fourth-order valence-corrected chi connectivity index (χ4v) is 5.68. The van der Waals surface area contributed by atoms with Crippen LogP contribution in [0.15, 0.2) is 53.2 Å². The third-order valence-electron chi connectivity index (χ3n) is 5.31. The predicted octanol–water partition coefficient (Wildman–Crippen LogP) is 4.78. The molecule has 152 valence electrons. The number of hydrogen-bond acceptors (Lipinski definition) is 8. The summed E-state index contributed by atoms with van der Waals surface area (Å²) in [5, 5.41) is 7.62. The van der Waals surface area contributed by atoms with E-state index in [0.717, 1.165) is 24.2 Å². The normalized spacial score (nSPS) is 16.4. The van der Waals surface area contributed by atoms with Crippen molar-refractivity contribution in [2.75, 3.05) is 17.6 Å². The SMILES string of the molecule is Cc1ccccc1Nc1nc(N)nc(CN2CCc3sccc3[C@@H]2c2cccs2)n1. The van der Waals surface area contributed by atoms with Crippen molar-refractivity contribution in [2.24, 2.45) is 0 Å². The van der Waals surface area contributed by atoms with Crippen LogP contribution in [0.3, 0.4) is 0 Å². The average Bonchev–Trinajstić information content (AvgIpc) is 3.41. The van der Waals surface area contributed by atoms with E-state index in [2.05, 4.69) is 54.1 Å². The number of nitrogens with one attached hydrogen (secondary N) is 1. The molecule has 1 aliphatic heterocycles. The summed E-state index contributed by atoms with van der Waals surface area (Å²) in [6.45, 7) is 3.63. The van der Waals surface area contributed by atoms with Crippen LogP contribution in [0.25, 0.3) is 0 Å². The first-order valence-electron chi connectivity index (χ1n) is 9.84. The zero-order valence-corrected chi connectivity index (χ0v) is 18.2. The number of aromatic nitrogens is 3. The molecule has 3 N–H and O–H groups in total. The van der Waals surface area contributed by atoms with Gasteiger partial charge in [-0.25, -0.2) is 0 Å². The predicted molar refractivity (Wildman–Crippen MR) is 123 cm³/mol. The van der Waals surface area contributed by atoms with Crippen molar-refractivity contribution in [2.45, 2.75) is 25.9 Å². The van der Waals surface area contributed by atoms with Crippen molar-refractivity contribution < 1.29 is 0 Å². The van der Waals surface area contributed by atoms with Gasteiger partial charge < -0.3 is 11.1 Å². The average molecular weight is 435 g/mol. The highest BCUT2D eigenvalue weighted by Gasteiger charge is 2.31. The van der Waals surface area contributed by atoms with Gasteiger partial charge in [0.1, 0.15) is 5.82 Å². The number of para-hydroxylation sites is 1. The quantitative estimate of drug-likeness (QED) is 0.471. The standard InChI is InChI=1S/C22H22N6S2/c1-14-5-2-3-6-16(14)24-22-26-19(25-21(23)27-22)13-28-10-8-17-15(9-12-30-17)20(28)18-7-4-11-29-18/h2-7,9,11-12,20H,8,10,13H2,1H3,(H3,23,24,25,26,27)/t20-/m1/s1. The Labute approximate surface area is 183 Å². The molecule has 4 aromatic rings. The lowest BCUT2D eigenvalue weighted by Crippen LogP contribution is -2.35. The Morgan fingerprint density at radius 3 is 2.80 bits per heavy atom. The van der Waals surface area contributed by atoms with Gasteiger partial charge >= 0.3 is 0 Å². The van der Waals surface area contributed by atoms with Crippen molar-refractivity contribution >= 4 is 40.3 Å². The number of rotatable bonds is 5. The van der Waals surface area contributed by atoms with Crippen LogP contribution in [0.5, 0.6) is 0 Å². The van der Waals surface area contributed by atoms with Crippen LogP contribution in [0.1, 0.15) is 32.7 Å². The summed E-state index contributed by atoms with van der Waals surface area (Å²) in [5.41, 5.74) is 9.51. The summed E-state index contributed by atoms with van der Waals surface area (Å²) >= 11 is 3.64. The van der Waals surface area contributed by atoms with Gasteiger partial charge in [-0.15, -0.1) is 22.7 Å². The van der Waals surface area contributed by atoms with Crippen LogP contribution in [-0.2, 0) is 13.0 Å². The lowest BCUT2D eigenvalue weighted by atomic mass is 9.98. The van der Waals surface area contributed by atoms with Gasteiger partial charge in [0.25, 0.3) is 0 Å². The van der Waals surface area contributed by atoms with E-state index in [4.69, 9.17) is 5.73 Å². The third-order valence-corrected chi connectivity index (χ3v) is 7.23. The summed E-state index contributed by atoms with van der Waals surface area (Å²) in [5.74, 6) is 1.39. The lowest BCUT2D eigenvalue weighted by Gasteiger charge is -2.34. The molecule has 0 fully saturated rings. The van der Waals surface area contributed by atoms with Gasteiger partial charge in [0.15, 0.2) is 0 Å². The number of hydrogen-bond donors (Lipinski definition) is 2. The molecule has 4 heterocycles. The maximum atomic E-state index is 6.03. The van der Waals surface area contributed by atoms with E-state index < -0.39 is 0 Å². The van der Waals surface area contributed by atoms with Gasteiger partial charge in [0.2, 0.25) is 11.9 Å². The van der Waals surface area contributed by atoms with E-state index >= 15 is 0 Å². The van der Waals surface area contributed by atoms with Crippen LogP contribution in [0.2, 0.25) is 0 Å². The Hall–Kier alpha value is -2.81. The van der Waals surface area contributed by atoms with Crippen molar-refractivity contribution in [3.63, 3.8) is 0 Å². The molecular weight excluding hydrogens is 412 g/mol. The Morgan fingerprint density at radius 2 is 1.97 bits per heavy atom. The molecule has 1 aliphatic rings. The fourth-order valence-electron chi connectivity index (χ4n) is 3.90. The Kier molecular flexibility index (Phi) is 5.20.